The first-order valence-corrected chi connectivity index (χ1v) is 8.24. The van der Waals surface area contributed by atoms with E-state index in [0.717, 1.165) is 24.0 Å². The standard InChI is InChI=1S/C22H18O2/c23-22(24)14-21-19-8-4-3-6-16(19)11-12-20(21)18-10-9-15-5-1-2-7-17(15)13-18/h1-10,13-14,20H,11-12H2,(H,23,24)/b21-14-/t20-/m0/s1. The van der Waals surface area contributed by atoms with Crippen LogP contribution in [0.25, 0.3) is 16.3 Å². The van der Waals surface area contributed by atoms with E-state index in [-0.39, 0.29) is 5.92 Å². The number of carboxylic acids is 1. The second kappa shape index (κ2) is 5.97. The summed E-state index contributed by atoms with van der Waals surface area (Å²) in [5.41, 5.74) is 4.42. The molecule has 2 heteroatoms. The molecule has 0 radical (unpaired) electrons. The number of hydrogen-bond donors (Lipinski definition) is 1. The summed E-state index contributed by atoms with van der Waals surface area (Å²) >= 11 is 0. The molecule has 1 aliphatic carbocycles. The molecule has 2 nitrogen and oxygen atoms in total. The van der Waals surface area contributed by atoms with E-state index in [1.54, 1.807) is 0 Å². The highest BCUT2D eigenvalue weighted by Gasteiger charge is 2.25. The molecular weight excluding hydrogens is 296 g/mol. The number of carbonyl (C=O) groups is 1. The van der Waals surface area contributed by atoms with E-state index in [1.807, 2.05) is 30.3 Å². The van der Waals surface area contributed by atoms with Crippen molar-refractivity contribution in [3.63, 3.8) is 0 Å². The van der Waals surface area contributed by atoms with Crippen LogP contribution < -0.4 is 0 Å². The number of benzene rings is 3. The van der Waals surface area contributed by atoms with E-state index in [1.165, 1.54) is 28.0 Å². The lowest BCUT2D eigenvalue weighted by Crippen LogP contribution is -2.13. The van der Waals surface area contributed by atoms with Gasteiger partial charge in [-0.2, -0.15) is 0 Å². The molecule has 24 heavy (non-hydrogen) atoms. The van der Waals surface area contributed by atoms with Crippen LogP contribution in [0.1, 0.15) is 29.0 Å². The maximum absolute atomic E-state index is 11.4. The van der Waals surface area contributed by atoms with Crippen LogP contribution in [0.5, 0.6) is 0 Å². The Labute approximate surface area is 141 Å². The van der Waals surface area contributed by atoms with Gasteiger partial charge in [-0.25, -0.2) is 4.79 Å². The number of allylic oxidation sites excluding steroid dienone is 1. The van der Waals surface area contributed by atoms with Gasteiger partial charge < -0.3 is 5.11 Å². The Bertz CT molecular complexity index is 953. The average Bonchev–Trinajstić information content (AvgIpc) is 2.61. The first-order valence-electron chi connectivity index (χ1n) is 8.24. The van der Waals surface area contributed by atoms with Crippen LogP contribution in [0, 0.1) is 0 Å². The molecule has 3 aromatic carbocycles. The molecule has 0 aromatic heterocycles. The van der Waals surface area contributed by atoms with Crippen LogP contribution in [-0.2, 0) is 11.2 Å². The number of aryl methyl sites for hydroxylation is 1. The third-order valence-corrected chi connectivity index (χ3v) is 4.86. The van der Waals surface area contributed by atoms with Crippen molar-refractivity contribution in [1.29, 1.82) is 0 Å². The van der Waals surface area contributed by atoms with Gasteiger partial charge in [0.1, 0.15) is 0 Å². The van der Waals surface area contributed by atoms with Crippen molar-refractivity contribution in [1.82, 2.24) is 0 Å². The molecule has 118 valence electrons. The highest BCUT2D eigenvalue weighted by Crippen LogP contribution is 2.42. The molecule has 0 heterocycles. The lowest BCUT2D eigenvalue weighted by atomic mass is 9.75. The Balaban J connectivity index is 1.85. The van der Waals surface area contributed by atoms with Gasteiger partial charge in [0.05, 0.1) is 0 Å². The third-order valence-electron chi connectivity index (χ3n) is 4.86. The van der Waals surface area contributed by atoms with Crippen molar-refractivity contribution in [2.24, 2.45) is 0 Å². The number of aliphatic carboxylic acids is 1. The normalized spacial score (nSPS) is 18.5. The van der Waals surface area contributed by atoms with Crippen molar-refractivity contribution in [2.45, 2.75) is 18.8 Å². The summed E-state index contributed by atoms with van der Waals surface area (Å²) < 4.78 is 0. The van der Waals surface area contributed by atoms with Gasteiger partial charge in [-0.15, -0.1) is 0 Å². The fraction of sp³-hybridized carbons (Fsp3) is 0.136. The quantitative estimate of drug-likeness (QED) is 0.673. The molecule has 0 amide bonds. The Morgan fingerprint density at radius 3 is 2.54 bits per heavy atom. The van der Waals surface area contributed by atoms with E-state index >= 15 is 0 Å². The number of rotatable bonds is 2. The van der Waals surface area contributed by atoms with Gasteiger partial charge in [0, 0.05) is 12.0 Å². The smallest absolute Gasteiger partial charge is 0.328 e. The molecule has 0 fully saturated rings. The minimum absolute atomic E-state index is 0.126. The zero-order chi connectivity index (χ0) is 16.5. The largest absolute Gasteiger partial charge is 0.478 e. The summed E-state index contributed by atoms with van der Waals surface area (Å²) in [6.07, 6.45) is 3.30. The minimum atomic E-state index is -0.882. The lowest BCUT2D eigenvalue weighted by Gasteiger charge is -2.28. The minimum Gasteiger partial charge on any atom is -0.478 e. The first-order chi connectivity index (χ1) is 11.7. The van der Waals surface area contributed by atoms with Gasteiger partial charge in [0.2, 0.25) is 0 Å². The molecule has 4 rings (SSSR count). The zero-order valence-corrected chi connectivity index (χ0v) is 13.3. The second-order valence-electron chi connectivity index (χ2n) is 6.29. The van der Waals surface area contributed by atoms with Crippen LogP contribution in [0.3, 0.4) is 0 Å². The molecule has 0 unspecified atom stereocenters. The maximum Gasteiger partial charge on any atom is 0.328 e. The van der Waals surface area contributed by atoms with Crippen molar-refractivity contribution in [2.75, 3.05) is 0 Å². The molecule has 1 aliphatic rings. The molecule has 1 atom stereocenters. The molecule has 0 saturated heterocycles. The van der Waals surface area contributed by atoms with Gasteiger partial charge in [-0.05, 0) is 45.9 Å². The fourth-order valence-electron chi connectivity index (χ4n) is 3.75. The number of fused-ring (bicyclic) bond motifs is 2. The van der Waals surface area contributed by atoms with E-state index in [9.17, 15) is 9.90 Å². The van der Waals surface area contributed by atoms with Crippen molar-refractivity contribution < 1.29 is 9.90 Å². The number of hydrogen-bond acceptors (Lipinski definition) is 1. The summed E-state index contributed by atoms with van der Waals surface area (Å²) in [4.78, 5) is 11.4. The van der Waals surface area contributed by atoms with Crippen LogP contribution in [0.2, 0.25) is 0 Å². The van der Waals surface area contributed by atoms with E-state index in [4.69, 9.17) is 0 Å². The molecule has 3 aromatic rings. The van der Waals surface area contributed by atoms with Gasteiger partial charge in [-0.1, -0.05) is 66.7 Å². The zero-order valence-electron chi connectivity index (χ0n) is 13.3. The van der Waals surface area contributed by atoms with Crippen LogP contribution >= 0.6 is 0 Å². The first kappa shape index (κ1) is 14.7. The average molecular weight is 314 g/mol. The Morgan fingerprint density at radius 1 is 0.958 bits per heavy atom. The maximum atomic E-state index is 11.4. The van der Waals surface area contributed by atoms with E-state index < -0.39 is 5.97 Å². The third kappa shape index (κ3) is 2.61. The molecule has 0 saturated carbocycles. The fourth-order valence-corrected chi connectivity index (χ4v) is 3.75. The Kier molecular flexibility index (Phi) is 3.66. The highest BCUT2D eigenvalue weighted by atomic mass is 16.4. The molecule has 0 bridgehead atoms. The lowest BCUT2D eigenvalue weighted by molar-refractivity contribution is -0.131. The summed E-state index contributed by atoms with van der Waals surface area (Å²) in [6.45, 7) is 0. The van der Waals surface area contributed by atoms with Crippen molar-refractivity contribution in [3.8, 4) is 0 Å². The summed E-state index contributed by atoms with van der Waals surface area (Å²) in [7, 11) is 0. The predicted molar refractivity (Wildman–Crippen MR) is 97.1 cm³/mol. The van der Waals surface area contributed by atoms with Gasteiger partial charge >= 0.3 is 5.97 Å². The molecule has 0 spiro atoms. The topological polar surface area (TPSA) is 37.3 Å². The summed E-state index contributed by atoms with van der Waals surface area (Å²) in [6, 6.07) is 22.9. The SMILES string of the molecule is O=C(O)/C=C1/c2ccccc2CC[C@H]1c1ccc2ccccc2c1. The van der Waals surface area contributed by atoms with Crippen molar-refractivity contribution in [3.05, 3.63) is 89.5 Å². The van der Waals surface area contributed by atoms with E-state index in [0.29, 0.717) is 0 Å². The molecule has 0 aliphatic heterocycles. The van der Waals surface area contributed by atoms with E-state index in [2.05, 4.69) is 36.4 Å². The second-order valence-corrected chi connectivity index (χ2v) is 6.29. The van der Waals surface area contributed by atoms with Crippen molar-refractivity contribution >= 4 is 22.3 Å². The van der Waals surface area contributed by atoms with Gasteiger partial charge in [0.25, 0.3) is 0 Å². The van der Waals surface area contributed by atoms with Crippen LogP contribution in [0.15, 0.2) is 72.8 Å². The molecular formula is C22H18O2. The van der Waals surface area contributed by atoms with Crippen LogP contribution in [-0.4, -0.2) is 11.1 Å². The summed E-state index contributed by atoms with van der Waals surface area (Å²) in [5.74, 6) is -0.756. The number of carboxylic acid groups (broad SMARTS) is 1. The van der Waals surface area contributed by atoms with Gasteiger partial charge in [0.15, 0.2) is 0 Å². The Hall–Kier alpha value is -2.87. The Morgan fingerprint density at radius 2 is 1.71 bits per heavy atom. The van der Waals surface area contributed by atoms with Crippen LogP contribution in [0.4, 0.5) is 0 Å². The van der Waals surface area contributed by atoms with Gasteiger partial charge in [-0.3, -0.25) is 0 Å². The molecule has 1 N–H and O–H groups in total. The highest BCUT2D eigenvalue weighted by molar-refractivity contribution is 5.93. The summed E-state index contributed by atoms with van der Waals surface area (Å²) in [5, 5.41) is 11.8. The monoisotopic (exact) mass is 314 g/mol. The predicted octanol–water partition coefficient (Wildman–Crippen LogP) is 5.04.